The number of anilines is 2. The van der Waals surface area contributed by atoms with Gasteiger partial charge in [0.1, 0.15) is 0 Å². The van der Waals surface area contributed by atoms with E-state index in [2.05, 4.69) is 9.97 Å². The second-order valence-electron chi connectivity index (χ2n) is 5.59. The van der Waals surface area contributed by atoms with Gasteiger partial charge in [-0.2, -0.15) is 4.98 Å². The molecule has 2 aromatic rings. The summed E-state index contributed by atoms with van der Waals surface area (Å²) in [5.41, 5.74) is 12.1. The van der Waals surface area contributed by atoms with Gasteiger partial charge in [0.2, 0.25) is 5.95 Å². The van der Waals surface area contributed by atoms with Crippen LogP contribution in [-0.4, -0.2) is 40.9 Å². The molecule has 1 aromatic carbocycles. The van der Waals surface area contributed by atoms with Crippen LogP contribution in [0.15, 0.2) is 24.3 Å². The first-order chi connectivity index (χ1) is 13.0. The van der Waals surface area contributed by atoms with Crippen molar-refractivity contribution in [2.75, 3.05) is 31.3 Å². The van der Waals surface area contributed by atoms with Crippen molar-refractivity contribution in [3.8, 4) is 17.2 Å². The number of para-hydroxylation sites is 2. The quantitative estimate of drug-likeness (QED) is 0.501. The summed E-state index contributed by atoms with van der Waals surface area (Å²) >= 11 is 0. The summed E-state index contributed by atoms with van der Waals surface area (Å²) in [5.74, 6) is 0.931. The number of aryl methyl sites for hydroxylation is 1. The van der Waals surface area contributed by atoms with Crippen molar-refractivity contribution >= 4 is 17.7 Å². The summed E-state index contributed by atoms with van der Waals surface area (Å²) in [6.45, 7) is 2.76. The summed E-state index contributed by atoms with van der Waals surface area (Å²) in [4.78, 5) is 18.6. The molecule has 27 heavy (non-hydrogen) atoms. The Morgan fingerprint density at radius 2 is 1.67 bits per heavy atom. The molecule has 0 aliphatic rings. The average molecular weight is 376 g/mol. The van der Waals surface area contributed by atoms with Crippen LogP contribution in [0.4, 0.5) is 11.8 Å². The van der Waals surface area contributed by atoms with Crippen LogP contribution in [0.1, 0.15) is 25.5 Å². The SMILES string of the molecule is CCc1nc(N)nc(N)c1OCCCOc1ccccc1OCCC(=O)O. The Morgan fingerprint density at radius 3 is 2.30 bits per heavy atom. The highest BCUT2D eigenvalue weighted by Gasteiger charge is 2.11. The van der Waals surface area contributed by atoms with Gasteiger partial charge in [0.15, 0.2) is 23.1 Å². The molecule has 0 aliphatic carbocycles. The topological polar surface area (TPSA) is 143 Å². The van der Waals surface area contributed by atoms with Crippen molar-refractivity contribution in [1.29, 1.82) is 0 Å². The number of ether oxygens (including phenoxy) is 3. The van der Waals surface area contributed by atoms with E-state index in [1.165, 1.54) is 0 Å². The number of aliphatic carboxylic acids is 1. The first-order valence-corrected chi connectivity index (χ1v) is 8.62. The largest absolute Gasteiger partial charge is 0.490 e. The van der Waals surface area contributed by atoms with E-state index in [0.717, 1.165) is 0 Å². The van der Waals surface area contributed by atoms with Crippen molar-refractivity contribution in [1.82, 2.24) is 9.97 Å². The summed E-state index contributed by atoms with van der Waals surface area (Å²) in [6.07, 6.45) is 1.15. The minimum Gasteiger partial charge on any atom is -0.490 e. The maximum absolute atomic E-state index is 10.6. The van der Waals surface area contributed by atoms with Crippen LogP contribution < -0.4 is 25.7 Å². The fraction of sp³-hybridized carbons (Fsp3) is 0.389. The molecule has 5 N–H and O–H groups in total. The van der Waals surface area contributed by atoms with E-state index in [0.29, 0.717) is 49.0 Å². The van der Waals surface area contributed by atoms with Gasteiger partial charge < -0.3 is 30.8 Å². The molecule has 0 saturated carbocycles. The van der Waals surface area contributed by atoms with Gasteiger partial charge in [-0.1, -0.05) is 19.1 Å². The number of nitrogen functional groups attached to an aromatic ring is 2. The van der Waals surface area contributed by atoms with E-state index < -0.39 is 5.97 Å². The number of nitrogens with two attached hydrogens (primary N) is 2. The Morgan fingerprint density at radius 1 is 1.04 bits per heavy atom. The third kappa shape index (κ3) is 6.21. The molecule has 0 amide bonds. The maximum Gasteiger partial charge on any atom is 0.306 e. The second-order valence-corrected chi connectivity index (χ2v) is 5.59. The zero-order valence-corrected chi connectivity index (χ0v) is 15.2. The zero-order valence-electron chi connectivity index (χ0n) is 15.2. The summed E-state index contributed by atoms with van der Waals surface area (Å²) in [6, 6.07) is 7.10. The van der Waals surface area contributed by atoms with Crippen molar-refractivity contribution < 1.29 is 24.1 Å². The number of carbonyl (C=O) groups is 1. The Kier molecular flexibility index (Phi) is 7.48. The molecule has 0 radical (unpaired) electrons. The minimum atomic E-state index is -0.914. The maximum atomic E-state index is 10.6. The van der Waals surface area contributed by atoms with Gasteiger partial charge in [-0.05, 0) is 18.6 Å². The molecule has 1 aromatic heterocycles. The van der Waals surface area contributed by atoms with Crippen LogP contribution in [-0.2, 0) is 11.2 Å². The Bertz CT molecular complexity index is 769. The van der Waals surface area contributed by atoms with Crippen LogP contribution in [0.25, 0.3) is 0 Å². The highest BCUT2D eigenvalue weighted by Crippen LogP contribution is 2.27. The first kappa shape index (κ1) is 20.1. The van der Waals surface area contributed by atoms with Crippen LogP contribution in [0.3, 0.4) is 0 Å². The third-order valence-corrected chi connectivity index (χ3v) is 3.53. The van der Waals surface area contributed by atoms with Crippen molar-refractivity contribution in [3.63, 3.8) is 0 Å². The summed E-state index contributed by atoms with van der Waals surface area (Å²) < 4.78 is 16.8. The van der Waals surface area contributed by atoms with Crippen LogP contribution in [0.5, 0.6) is 17.2 Å². The minimum absolute atomic E-state index is 0.0764. The lowest BCUT2D eigenvalue weighted by atomic mass is 10.3. The Hall–Kier alpha value is -3.23. The first-order valence-electron chi connectivity index (χ1n) is 8.62. The lowest BCUT2D eigenvalue weighted by molar-refractivity contribution is -0.137. The molecule has 0 unspecified atom stereocenters. The summed E-state index contributed by atoms with van der Waals surface area (Å²) in [7, 11) is 0. The average Bonchev–Trinajstić information content (AvgIpc) is 2.63. The van der Waals surface area contributed by atoms with Crippen LogP contribution >= 0.6 is 0 Å². The molecule has 9 nitrogen and oxygen atoms in total. The number of nitrogens with zero attached hydrogens (tertiary/aromatic N) is 2. The van der Waals surface area contributed by atoms with Gasteiger partial charge in [0.25, 0.3) is 0 Å². The number of hydrogen-bond donors (Lipinski definition) is 3. The van der Waals surface area contributed by atoms with Gasteiger partial charge in [-0.15, -0.1) is 0 Å². The van der Waals surface area contributed by atoms with E-state index in [-0.39, 0.29) is 24.8 Å². The van der Waals surface area contributed by atoms with E-state index in [4.69, 9.17) is 30.8 Å². The van der Waals surface area contributed by atoms with Crippen LogP contribution in [0, 0.1) is 0 Å². The predicted octanol–water partition coefficient (Wildman–Crippen LogP) is 1.90. The predicted molar refractivity (Wildman–Crippen MR) is 100 cm³/mol. The van der Waals surface area contributed by atoms with E-state index >= 15 is 0 Å². The fourth-order valence-electron chi connectivity index (χ4n) is 2.29. The Balaban J connectivity index is 1.82. The van der Waals surface area contributed by atoms with Gasteiger partial charge in [0, 0.05) is 6.42 Å². The van der Waals surface area contributed by atoms with E-state index in [1.807, 2.05) is 13.0 Å². The monoisotopic (exact) mass is 376 g/mol. The summed E-state index contributed by atoms with van der Waals surface area (Å²) in [5, 5.41) is 8.68. The molecule has 1 heterocycles. The zero-order chi connectivity index (χ0) is 19.6. The van der Waals surface area contributed by atoms with Crippen molar-refractivity contribution in [3.05, 3.63) is 30.0 Å². The van der Waals surface area contributed by atoms with Crippen LogP contribution in [0.2, 0.25) is 0 Å². The molecule has 0 spiro atoms. The highest BCUT2D eigenvalue weighted by atomic mass is 16.5. The molecule has 0 atom stereocenters. The lowest BCUT2D eigenvalue weighted by Gasteiger charge is -2.14. The number of carboxylic acids is 1. The van der Waals surface area contributed by atoms with Gasteiger partial charge in [-0.25, -0.2) is 4.98 Å². The molecule has 0 aliphatic heterocycles. The lowest BCUT2D eigenvalue weighted by Crippen LogP contribution is -2.11. The van der Waals surface area contributed by atoms with Crippen molar-refractivity contribution in [2.45, 2.75) is 26.2 Å². The van der Waals surface area contributed by atoms with E-state index in [9.17, 15) is 4.79 Å². The normalized spacial score (nSPS) is 10.4. The smallest absolute Gasteiger partial charge is 0.306 e. The molecular weight excluding hydrogens is 352 g/mol. The molecule has 9 heteroatoms. The molecular formula is C18H24N4O5. The number of aromatic nitrogens is 2. The number of carboxylic acid groups (broad SMARTS) is 1. The standard InChI is InChI=1S/C18H24N4O5/c1-2-12-16(17(19)22-18(20)21-12)27-10-5-9-25-13-6-3-4-7-14(13)26-11-8-15(23)24/h3-4,6-7H,2,5,8-11H2,1H3,(H,23,24)(H4,19,20,21,22). The molecule has 146 valence electrons. The Labute approximate surface area is 157 Å². The number of benzene rings is 1. The highest BCUT2D eigenvalue weighted by molar-refractivity contribution is 5.66. The number of hydrogen-bond acceptors (Lipinski definition) is 8. The van der Waals surface area contributed by atoms with Gasteiger partial charge in [0.05, 0.1) is 31.9 Å². The molecule has 0 bridgehead atoms. The molecule has 0 fully saturated rings. The van der Waals surface area contributed by atoms with Crippen molar-refractivity contribution in [2.24, 2.45) is 0 Å². The third-order valence-electron chi connectivity index (χ3n) is 3.53. The fourth-order valence-corrected chi connectivity index (χ4v) is 2.29. The molecule has 0 saturated heterocycles. The number of rotatable bonds is 11. The van der Waals surface area contributed by atoms with E-state index in [1.54, 1.807) is 18.2 Å². The molecule has 2 rings (SSSR count). The second kappa shape index (κ2) is 10.0. The van der Waals surface area contributed by atoms with Gasteiger partial charge in [-0.3, -0.25) is 4.79 Å². The van der Waals surface area contributed by atoms with Gasteiger partial charge >= 0.3 is 5.97 Å².